The quantitative estimate of drug-likeness (QED) is 0.0159. The molecule has 4 aliphatic heterocycles. The molecular formula is C74H87N10O15S3+. The molecule has 7 aromatic rings. The number of methoxy groups -OCH3 is 1. The van der Waals surface area contributed by atoms with E-state index in [9.17, 15) is 53.3 Å². The number of allylic oxidation sites excluding steroid dienone is 5. The third-order valence-electron chi connectivity index (χ3n) is 20.1. The van der Waals surface area contributed by atoms with Crippen molar-refractivity contribution in [3.05, 3.63) is 172 Å². The van der Waals surface area contributed by atoms with Gasteiger partial charge in [0.25, 0.3) is 36.3 Å². The van der Waals surface area contributed by atoms with Gasteiger partial charge in [0.1, 0.15) is 22.4 Å². The molecule has 3 aromatic heterocycles. The summed E-state index contributed by atoms with van der Waals surface area (Å²) in [5, 5.41) is 11.4. The topological polar surface area (TPSA) is 347 Å². The van der Waals surface area contributed by atoms with E-state index in [1.54, 1.807) is 43.6 Å². The summed E-state index contributed by atoms with van der Waals surface area (Å²) in [4.78, 5) is 76.4. The maximum absolute atomic E-state index is 13.7. The van der Waals surface area contributed by atoms with Gasteiger partial charge in [-0.25, -0.2) is 14.8 Å². The van der Waals surface area contributed by atoms with Crippen molar-refractivity contribution in [1.29, 1.82) is 0 Å². The number of likely N-dealkylation sites (N-methyl/N-ethyl adjacent to an activating group) is 2. The zero-order valence-corrected chi connectivity index (χ0v) is 61.0. The van der Waals surface area contributed by atoms with Gasteiger partial charge in [0.15, 0.2) is 0 Å². The lowest BCUT2D eigenvalue weighted by Crippen LogP contribution is -3.10. The van der Waals surface area contributed by atoms with Crippen LogP contribution in [0.2, 0.25) is 0 Å². The third-order valence-corrected chi connectivity index (χ3v) is 22.6. The van der Waals surface area contributed by atoms with Crippen molar-refractivity contribution in [3.63, 3.8) is 0 Å². The Balaban J connectivity index is 0.00000367. The average Bonchev–Trinajstić information content (AvgIpc) is 1.55. The molecule has 2 unspecified atom stereocenters. The number of pyridine rings is 3. The summed E-state index contributed by atoms with van der Waals surface area (Å²) in [6.07, 6.45) is 16.9. The van der Waals surface area contributed by atoms with E-state index in [-0.39, 0.29) is 51.7 Å². The molecule has 1 fully saturated rings. The van der Waals surface area contributed by atoms with Crippen molar-refractivity contribution in [2.75, 3.05) is 63.1 Å². The van der Waals surface area contributed by atoms with E-state index in [1.165, 1.54) is 24.4 Å². The minimum Gasteiger partial charge on any atom is -0.481 e. The van der Waals surface area contributed by atoms with E-state index < -0.39 is 51.0 Å². The first-order valence-electron chi connectivity index (χ1n) is 34.0. The summed E-state index contributed by atoms with van der Waals surface area (Å²) in [6, 6.07) is 21.2. The molecule has 4 aliphatic rings. The highest BCUT2D eigenvalue weighted by Crippen LogP contribution is 2.52. The van der Waals surface area contributed by atoms with Gasteiger partial charge < -0.3 is 35.4 Å². The number of amides is 4. The molecule has 3 atom stereocenters. The van der Waals surface area contributed by atoms with Crippen LogP contribution in [0.15, 0.2) is 136 Å². The van der Waals surface area contributed by atoms with Crippen LogP contribution in [0, 0.1) is 6.92 Å². The molecule has 4 aromatic carbocycles. The Bertz CT molecular complexity index is 4900. The van der Waals surface area contributed by atoms with E-state index >= 15 is 0 Å². The van der Waals surface area contributed by atoms with Crippen LogP contribution in [-0.4, -0.2) is 147 Å². The van der Waals surface area contributed by atoms with Crippen molar-refractivity contribution in [2.45, 2.75) is 151 Å². The largest absolute Gasteiger partial charge is 0.481 e. The lowest BCUT2D eigenvalue weighted by molar-refractivity contribution is -0.848. The van der Waals surface area contributed by atoms with Gasteiger partial charge in [-0.3, -0.25) is 33.1 Å². The fourth-order valence-electron chi connectivity index (χ4n) is 14.9. The van der Waals surface area contributed by atoms with Gasteiger partial charge in [0.05, 0.1) is 46.2 Å². The van der Waals surface area contributed by atoms with E-state index in [0.29, 0.717) is 124 Å². The molecule has 11 rings (SSSR count). The van der Waals surface area contributed by atoms with Gasteiger partial charge in [-0.05, 0) is 191 Å². The van der Waals surface area contributed by atoms with E-state index in [0.717, 1.165) is 86.3 Å². The Kier molecular flexibility index (Phi) is 22.7. The van der Waals surface area contributed by atoms with E-state index in [1.807, 2.05) is 79.7 Å². The van der Waals surface area contributed by atoms with Gasteiger partial charge in [0.2, 0.25) is 11.8 Å². The molecule has 540 valence electrons. The summed E-state index contributed by atoms with van der Waals surface area (Å²) >= 11 is 0. The second-order valence-electron chi connectivity index (χ2n) is 27.1. The predicted octanol–water partition coefficient (Wildman–Crippen LogP) is 9.59. The minimum absolute atomic E-state index is 0.00904. The Morgan fingerprint density at radius 3 is 2.20 bits per heavy atom. The molecule has 0 radical (unpaired) electrons. The second kappa shape index (κ2) is 30.8. The molecule has 7 heterocycles. The zero-order chi connectivity index (χ0) is 73.8. The van der Waals surface area contributed by atoms with Gasteiger partial charge in [-0.15, -0.1) is 0 Å². The smallest absolute Gasteiger partial charge is 0.373 e. The van der Waals surface area contributed by atoms with Crippen molar-refractivity contribution < 1.29 is 72.5 Å². The van der Waals surface area contributed by atoms with Crippen LogP contribution >= 0.6 is 0 Å². The first-order chi connectivity index (χ1) is 48.3. The monoisotopic (exact) mass is 1450 g/mol. The van der Waals surface area contributed by atoms with Gasteiger partial charge in [0, 0.05) is 116 Å². The number of nitrogens with zero attached hydrogens (tertiary/aromatic N) is 6. The van der Waals surface area contributed by atoms with Crippen LogP contribution in [0.3, 0.4) is 0 Å². The molecule has 28 heteroatoms. The first kappa shape index (κ1) is 75.4. The second-order valence-corrected chi connectivity index (χ2v) is 31.3. The number of carbonyl (C=O) groups is 3. The van der Waals surface area contributed by atoms with Gasteiger partial charge in [-0.2, -0.15) is 34.8 Å². The first-order valence-corrected chi connectivity index (χ1v) is 38.4. The number of aromatic nitrogens is 3. The molecule has 4 amide bonds. The van der Waals surface area contributed by atoms with Gasteiger partial charge >= 0.3 is 12.2 Å². The lowest BCUT2D eigenvalue weighted by atomic mass is 9.77. The molecule has 102 heavy (non-hydrogen) atoms. The van der Waals surface area contributed by atoms with Crippen molar-refractivity contribution >= 4 is 98.7 Å². The molecule has 0 spiro atoms. The number of urea groups is 1. The highest BCUT2D eigenvalue weighted by molar-refractivity contribution is 7.87. The number of carbonyl (C=O) groups excluding carboxylic acids is 5. The molecular weight excluding hydrogens is 1370 g/mol. The van der Waals surface area contributed by atoms with Crippen LogP contribution < -0.4 is 30.5 Å². The number of fused-ring (bicyclic) bond motifs is 7. The number of aryl methyl sites for hydroxylation is 3. The van der Waals surface area contributed by atoms with Crippen molar-refractivity contribution in [3.8, 4) is 5.88 Å². The number of anilines is 2. The summed E-state index contributed by atoms with van der Waals surface area (Å²) in [6.45, 7) is 20.3. The predicted molar refractivity (Wildman–Crippen MR) is 385 cm³/mol. The number of nitrogens with one attached hydrogen (secondary N) is 4. The van der Waals surface area contributed by atoms with E-state index in [2.05, 4.69) is 59.9 Å². The maximum Gasteiger partial charge on any atom is 0.373 e. The third kappa shape index (κ3) is 15.9. The minimum atomic E-state index is -4.97. The number of hydrogen-bond donors (Lipinski definition) is 7. The van der Waals surface area contributed by atoms with Crippen LogP contribution in [0.25, 0.3) is 27.1 Å². The van der Waals surface area contributed by atoms with Crippen LogP contribution in [0.1, 0.15) is 148 Å². The fourth-order valence-corrected chi connectivity index (χ4v) is 16.9. The van der Waals surface area contributed by atoms with E-state index in [4.69, 9.17) is 24.3 Å². The summed E-state index contributed by atoms with van der Waals surface area (Å²) in [5.41, 5.74) is 8.42. The summed E-state index contributed by atoms with van der Waals surface area (Å²) in [7, 11) is -12.9. The van der Waals surface area contributed by atoms with Crippen LogP contribution in [0.4, 0.5) is 22.0 Å². The SMILES string of the molecule is CCN1/C(=C/C=C(/C=C/C2[NH+](CC)c3ccc4c(C)cc(S(=O)(=O)O)cc4c3C2(C)C)c2ccc(C(=O)NCCCCCC(=O)NCc3cc4c(nc3CCCN3CCN([C@@H](C)c5ccc(OC)nc5)C3=O)NCCC4)cn2)C(C)(C)c2c1ccc1c(S(=O)(=O)O)cc(S(=O)(=O)O)cc21.O=C=O. The Labute approximate surface area is 594 Å². The molecule has 7 N–H and O–H groups in total. The normalized spacial score (nSPS) is 17.8. The zero-order valence-electron chi connectivity index (χ0n) is 58.6. The number of rotatable bonds is 25. The number of quaternary nitrogens is 1. The molecule has 0 bridgehead atoms. The summed E-state index contributed by atoms with van der Waals surface area (Å²) < 4.78 is 112. The Morgan fingerprint density at radius 1 is 0.824 bits per heavy atom. The molecule has 0 aliphatic carbocycles. The molecule has 1 saturated heterocycles. The Morgan fingerprint density at radius 2 is 1.54 bits per heavy atom. The summed E-state index contributed by atoms with van der Waals surface area (Å²) in [5.74, 6) is 0.979. The van der Waals surface area contributed by atoms with Crippen LogP contribution in [0.5, 0.6) is 5.88 Å². The average molecular weight is 1450 g/mol. The van der Waals surface area contributed by atoms with Gasteiger partial charge in [-0.1, -0.05) is 44.6 Å². The standard InChI is InChI=1S/C73H86N10O13S3.CO2/c1-10-81-60-27-24-54-45(3)37-52(97(87,88)89)39-56(54)67(60)72(5,6)63(81)29-21-47(22-30-64-73(7,8)68-57-40-53(98(90,91)92)41-62(99(93,94)95)55(57)25-28-61(68)82(64)11-2)58-26-20-50(43-76-58)70(85)75-32-14-12-13-19-65(84)77-44-51-38-48-17-15-33-74-69(48)79-59(51)18-16-34-80-35-36-83(71(80)86)46(4)49-23-31-66(96-9)78-42-49;2-1-3/h20-31,37-43,46,63H,10-19,32-36,44H2,1-9H3,(H,74,79)(H,75,85)(H,77,84)(H,87,88,89)(H,90,91,92)(H,93,94,95);/p+1/b29-21+,47-22-,64-30+;/t46-,63?;/m0./s1. The number of unbranched alkanes of at least 4 members (excludes halogenated alkanes) is 2. The number of hydrogen-bond acceptors (Lipinski definition) is 17. The van der Waals surface area contributed by atoms with Crippen molar-refractivity contribution in [1.82, 2.24) is 35.4 Å². The molecule has 25 nitrogen and oxygen atoms in total. The van der Waals surface area contributed by atoms with Crippen LogP contribution in [-0.2, 0) is 75.0 Å². The number of ether oxygens (including phenoxy) is 1. The highest BCUT2D eigenvalue weighted by atomic mass is 32.2. The number of benzene rings is 4. The Hall–Kier alpha value is -9.25. The maximum atomic E-state index is 13.7. The highest BCUT2D eigenvalue weighted by Gasteiger charge is 2.49. The molecule has 0 saturated carbocycles. The van der Waals surface area contributed by atoms with Crippen molar-refractivity contribution in [2.24, 2.45) is 0 Å². The lowest BCUT2D eigenvalue weighted by Gasteiger charge is -2.27. The fraction of sp³-hybridized carbons (Fsp3) is 0.392.